The number of hydrogen-bond acceptors (Lipinski definition) is 1. The van der Waals surface area contributed by atoms with Crippen LogP contribution in [0, 0.1) is 40.8 Å². The Hall–Kier alpha value is -4.14. The maximum absolute atomic E-state index is 15.2. The Morgan fingerprint density at radius 2 is 1.24 bits per heavy atom. The van der Waals surface area contributed by atoms with Crippen LogP contribution in [0.2, 0.25) is 0 Å². The molecule has 1 fully saturated rings. The van der Waals surface area contributed by atoms with E-state index in [-0.39, 0.29) is 23.3 Å². The van der Waals surface area contributed by atoms with E-state index in [1.165, 1.54) is 30.5 Å². The third-order valence-electron chi connectivity index (χ3n) is 8.25. The van der Waals surface area contributed by atoms with Gasteiger partial charge in [-0.2, -0.15) is 8.78 Å². The van der Waals surface area contributed by atoms with Gasteiger partial charge in [0.25, 0.3) is 0 Å². The molecule has 236 valence electrons. The molecule has 5 rings (SSSR count). The van der Waals surface area contributed by atoms with E-state index in [0.29, 0.717) is 29.5 Å². The zero-order valence-electron chi connectivity index (χ0n) is 24.3. The van der Waals surface area contributed by atoms with Gasteiger partial charge in [-0.3, -0.25) is 0 Å². The van der Waals surface area contributed by atoms with Crippen molar-refractivity contribution in [2.24, 2.45) is 5.92 Å². The summed E-state index contributed by atoms with van der Waals surface area (Å²) >= 11 is 0. The maximum Gasteiger partial charge on any atom is 0.432 e. The Balaban J connectivity index is 1.30. The molecule has 4 aromatic rings. The average molecular weight is 631 g/mol. The van der Waals surface area contributed by atoms with Crippen molar-refractivity contribution in [3.8, 4) is 28.0 Å². The minimum absolute atomic E-state index is 0.111. The fourth-order valence-corrected chi connectivity index (χ4v) is 5.86. The van der Waals surface area contributed by atoms with Crippen molar-refractivity contribution >= 4 is 0 Å². The normalized spacial score (nSPS) is 17.2. The van der Waals surface area contributed by atoms with Crippen molar-refractivity contribution in [2.45, 2.75) is 57.5 Å². The molecule has 0 spiro atoms. The van der Waals surface area contributed by atoms with Crippen LogP contribution < -0.4 is 4.74 Å². The summed E-state index contributed by atoms with van der Waals surface area (Å²) in [5.41, 5.74) is 0.0160. The molecule has 0 aromatic heterocycles. The third kappa shape index (κ3) is 7.24. The summed E-state index contributed by atoms with van der Waals surface area (Å²) < 4.78 is 118. The van der Waals surface area contributed by atoms with Crippen LogP contribution in [0.4, 0.5) is 35.1 Å². The van der Waals surface area contributed by atoms with Crippen LogP contribution in [0.25, 0.3) is 22.3 Å². The van der Waals surface area contributed by atoms with Crippen molar-refractivity contribution in [1.82, 2.24) is 0 Å². The molecule has 45 heavy (non-hydrogen) atoms. The van der Waals surface area contributed by atoms with E-state index in [0.717, 1.165) is 31.2 Å². The molecular formula is C36H30F8O. The molecule has 0 aliphatic heterocycles. The summed E-state index contributed by atoms with van der Waals surface area (Å²) in [5, 5.41) is 0. The number of benzene rings is 4. The second-order valence-electron chi connectivity index (χ2n) is 11.3. The van der Waals surface area contributed by atoms with Gasteiger partial charge in [0, 0.05) is 17.7 Å². The molecule has 0 atom stereocenters. The van der Waals surface area contributed by atoms with Crippen molar-refractivity contribution in [3.05, 3.63) is 125 Å². The van der Waals surface area contributed by atoms with Gasteiger partial charge in [0.15, 0.2) is 17.5 Å². The zero-order valence-corrected chi connectivity index (χ0v) is 24.3. The van der Waals surface area contributed by atoms with Crippen molar-refractivity contribution < 1.29 is 39.9 Å². The van der Waals surface area contributed by atoms with Gasteiger partial charge in [0.2, 0.25) is 0 Å². The molecule has 4 aromatic carbocycles. The summed E-state index contributed by atoms with van der Waals surface area (Å²) in [7, 11) is 0. The van der Waals surface area contributed by atoms with Gasteiger partial charge in [-0.05, 0) is 90.8 Å². The second kappa shape index (κ2) is 13.5. The molecule has 0 heterocycles. The van der Waals surface area contributed by atoms with Gasteiger partial charge in [-0.15, -0.1) is 0 Å². The van der Waals surface area contributed by atoms with Gasteiger partial charge < -0.3 is 4.74 Å². The highest BCUT2D eigenvalue weighted by Crippen LogP contribution is 2.40. The van der Waals surface area contributed by atoms with Crippen LogP contribution in [0.1, 0.15) is 62.5 Å². The molecule has 1 aliphatic carbocycles. The highest BCUT2D eigenvalue weighted by molar-refractivity contribution is 5.71. The minimum Gasteiger partial charge on any atom is -0.429 e. The lowest BCUT2D eigenvalue weighted by Gasteiger charge is -2.28. The summed E-state index contributed by atoms with van der Waals surface area (Å²) in [6.07, 6.45) is 6.47. The fraction of sp³-hybridized carbons (Fsp3) is 0.278. The molecule has 0 amide bonds. The summed E-state index contributed by atoms with van der Waals surface area (Å²) in [6, 6.07) is 13.1. The largest absolute Gasteiger partial charge is 0.432 e. The zero-order chi connectivity index (χ0) is 32.3. The molecule has 1 aliphatic rings. The summed E-state index contributed by atoms with van der Waals surface area (Å²) in [5.74, 6) is -10.0. The van der Waals surface area contributed by atoms with E-state index in [4.69, 9.17) is 0 Å². The van der Waals surface area contributed by atoms with E-state index in [1.54, 1.807) is 6.07 Å². The van der Waals surface area contributed by atoms with E-state index < -0.39 is 52.3 Å². The van der Waals surface area contributed by atoms with Gasteiger partial charge in [-0.25, -0.2) is 26.3 Å². The van der Waals surface area contributed by atoms with Crippen molar-refractivity contribution in [2.75, 3.05) is 0 Å². The highest BCUT2D eigenvalue weighted by Gasteiger charge is 2.41. The number of halogens is 8. The van der Waals surface area contributed by atoms with Crippen LogP contribution in [-0.4, -0.2) is 0 Å². The number of hydrogen-bond donors (Lipinski definition) is 0. The minimum atomic E-state index is -4.75. The molecule has 0 N–H and O–H groups in total. The first-order valence-electron chi connectivity index (χ1n) is 14.7. The van der Waals surface area contributed by atoms with Gasteiger partial charge in [0.1, 0.15) is 28.8 Å². The Kier molecular flexibility index (Phi) is 9.65. The van der Waals surface area contributed by atoms with Crippen LogP contribution in [0.5, 0.6) is 5.75 Å². The molecular weight excluding hydrogens is 600 g/mol. The van der Waals surface area contributed by atoms with Crippen LogP contribution in [0.15, 0.2) is 78.9 Å². The summed E-state index contributed by atoms with van der Waals surface area (Å²) in [4.78, 5) is 0. The molecule has 1 saturated carbocycles. The van der Waals surface area contributed by atoms with Crippen molar-refractivity contribution in [3.63, 3.8) is 0 Å². The quantitative estimate of drug-likeness (QED) is 0.102. The Morgan fingerprint density at radius 1 is 0.667 bits per heavy atom. The predicted octanol–water partition coefficient (Wildman–Crippen LogP) is 11.6. The average Bonchev–Trinajstić information content (AvgIpc) is 2.99. The van der Waals surface area contributed by atoms with Crippen LogP contribution in [0.3, 0.4) is 0 Å². The van der Waals surface area contributed by atoms with E-state index in [1.807, 2.05) is 24.3 Å². The van der Waals surface area contributed by atoms with E-state index in [9.17, 15) is 30.7 Å². The topological polar surface area (TPSA) is 9.23 Å². The van der Waals surface area contributed by atoms with E-state index in [2.05, 4.69) is 23.8 Å². The Bertz CT molecular complexity index is 1640. The lowest BCUT2D eigenvalue weighted by atomic mass is 9.77. The number of ether oxygens (including phenoxy) is 1. The number of alkyl halides is 2. The Morgan fingerprint density at radius 3 is 1.82 bits per heavy atom. The Labute approximate surface area is 256 Å². The monoisotopic (exact) mass is 630 g/mol. The van der Waals surface area contributed by atoms with Gasteiger partial charge in [0.05, 0.1) is 0 Å². The molecule has 9 heteroatoms. The molecule has 0 radical (unpaired) electrons. The lowest BCUT2D eigenvalue weighted by Crippen LogP contribution is -2.25. The summed E-state index contributed by atoms with van der Waals surface area (Å²) in [6.45, 7) is 2.13. The molecule has 0 unspecified atom stereocenters. The molecule has 1 nitrogen and oxygen atoms in total. The van der Waals surface area contributed by atoms with E-state index >= 15 is 4.39 Å². The third-order valence-corrected chi connectivity index (χ3v) is 8.25. The molecule has 0 bridgehead atoms. The number of allylic oxidation sites excluding steroid dienone is 2. The highest BCUT2D eigenvalue weighted by atomic mass is 19.3. The first-order chi connectivity index (χ1) is 21.5. The first-order valence-corrected chi connectivity index (χ1v) is 14.7. The van der Waals surface area contributed by atoms with Crippen molar-refractivity contribution in [1.29, 1.82) is 0 Å². The standard InChI is InChI=1S/C36H30F8O/c1-2-3-4-5-21-6-8-22(9-7-21)23-10-12-24(13-11-23)25-14-15-28(29(37)16-25)26-17-30(38)34(31(39)18-26)36(43,44)45-27-19-32(40)35(42)33(41)20-27/h3-4,10-22H,2,5-9H2,1H3. The molecule has 0 saturated heterocycles. The second-order valence-corrected chi connectivity index (χ2v) is 11.3. The maximum atomic E-state index is 15.2. The number of rotatable bonds is 9. The SMILES string of the molecule is CCC=CCC1CCC(c2ccc(-c3ccc(-c4cc(F)c(C(F)(F)Oc5cc(F)c(F)c(F)c5)c(F)c4)c(F)c3)cc2)CC1. The first kappa shape index (κ1) is 32.3. The smallest absolute Gasteiger partial charge is 0.429 e. The van der Waals surface area contributed by atoms with Crippen LogP contribution >= 0.6 is 0 Å². The fourth-order valence-electron chi connectivity index (χ4n) is 5.86. The lowest BCUT2D eigenvalue weighted by molar-refractivity contribution is -0.189. The predicted molar refractivity (Wildman–Crippen MR) is 157 cm³/mol. The van der Waals surface area contributed by atoms with Gasteiger partial charge in [-0.1, -0.05) is 55.5 Å². The van der Waals surface area contributed by atoms with Gasteiger partial charge >= 0.3 is 6.11 Å². The van der Waals surface area contributed by atoms with Crippen LogP contribution in [-0.2, 0) is 6.11 Å².